The number of unbranched alkanes of at least 4 members (excludes halogenated alkanes) is 1. The number of nitrogens with one attached hydrogen (secondary N) is 1. The van der Waals surface area contributed by atoms with Gasteiger partial charge in [0.15, 0.2) is 0 Å². The van der Waals surface area contributed by atoms with E-state index in [1.807, 2.05) is 53.1 Å². The van der Waals surface area contributed by atoms with Gasteiger partial charge in [0, 0.05) is 23.6 Å². The van der Waals surface area contributed by atoms with E-state index in [-0.39, 0.29) is 29.8 Å². The van der Waals surface area contributed by atoms with Crippen LogP contribution in [0.1, 0.15) is 62.2 Å². The van der Waals surface area contributed by atoms with E-state index in [1.165, 1.54) is 10.5 Å². The maximum absolute atomic E-state index is 13.6. The van der Waals surface area contributed by atoms with Crippen LogP contribution in [0.15, 0.2) is 53.4 Å². The molecule has 2 aromatic rings. The molecule has 5 nitrogen and oxygen atoms in total. The van der Waals surface area contributed by atoms with Crippen molar-refractivity contribution in [2.45, 2.75) is 56.0 Å². The topological polar surface area (TPSA) is 58.6 Å². The Labute approximate surface area is 194 Å². The predicted molar refractivity (Wildman–Crippen MR) is 128 cm³/mol. The maximum Gasteiger partial charge on any atom is 0.226 e. The molecule has 0 bridgehead atoms. The van der Waals surface area contributed by atoms with Gasteiger partial charge in [0.05, 0.1) is 25.1 Å². The summed E-state index contributed by atoms with van der Waals surface area (Å²) < 4.78 is 5.32. The molecule has 170 valence electrons. The molecule has 0 spiro atoms. The lowest BCUT2D eigenvalue weighted by molar-refractivity contribution is -0.143. The van der Waals surface area contributed by atoms with Crippen LogP contribution in [-0.4, -0.2) is 36.1 Å². The van der Waals surface area contributed by atoms with E-state index in [1.54, 1.807) is 7.11 Å². The van der Waals surface area contributed by atoms with E-state index >= 15 is 0 Å². The summed E-state index contributed by atoms with van der Waals surface area (Å²) in [7, 11) is 1.64. The summed E-state index contributed by atoms with van der Waals surface area (Å²) in [6.07, 6.45) is 3.86. The molecular formula is C26H32N2O3S. The number of nitrogens with zero attached hydrogens (tertiary/aromatic N) is 1. The molecule has 0 saturated carbocycles. The zero-order valence-electron chi connectivity index (χ0n) is 18.9. The van der Waals surface area contributed by atoms with Crippen LogP contribution in [0.2, 0.25) is 0 Å². The number of carbonyl (C=O) groups excluding carboxylic acids is 2. The van der Waals surface area contributed by atoms with Gasteiger partial charge >= 0.3 is 0 Å². The number of thioether (sulfide) groups is 1. The van der Waals surface area contributed by atoms with Gasteiger partial charge in [0.25, 0.3) is 0 Å². The Morgan fingerprint density at radius 2 is 1.94 bits per heavy atom. The summed E-state index contributed by atoms with van der Waals surface area (Å²) in [6, 6.07) is 15.9. The van der Waals surface area contributed by atoms with Crippen LogP contribution in [0.25, 0.3) is 0 Å². The van der Waals surface area contributed by atoms with Crippen molar-refractivity contribution in [1.29, 1.82) is 0 Å². The van der Waals surface area contributed by atoms with Gasteiger partial charge in [-0.15, -0.1) is 11.8 Å². The summed E-state index contributed by atoms with van der Waals surface area (Å²) in [5.41, 5.74) is 2.20. The van der Waals surface area contributed by atoms with Gasteiger partial charge in [-0.1, -0.05) is 43.7 Å². The predicted octanol–water partition coefficient (Wildman–Crippen LogP) is 5.13. The van der Waals surface area contributed by atoms with Crippen molar-refractivity contribution in [3.8, 4) is 5.75 Å². The van der Waals surface area contributed by atoms with E-state index in [0.717, 1.165) is 36.3 Å². The van der Waals surface area contributed by atoms with Gasteiger partial charge in [-0.2, -0.15) is 0 Å². The number of ether oxygens (including phenoxy) is 1. The Morgan fingerprint density at radius 3 is 2.69 bits per heavy atom. The first-order valence-electron chi connectivity index (χ1n) is 11.6. The maximum atomic E-state index is 13.6. The van der Waals surface area contributed by atoms with Crippen LogP contribution in [-0.2, 0) is 9.59 Å². The first kappa shape index (κ1) is 22.7. The number of benzene rings is 2. The molecule has 2 heterocycles. The van der Waals surface area contributed by atoms with Crippen LogP contribution in [0, 0.1) is 5.92 Å². The van der Waals surface area contributed by atoms with E-state index in [9.17, 15) is 9.59 Å². The van der Waals surface area contributed by atoms with Gasteiger partial charge < -0.3 is 15.0 Å². The molecule has 3 atom stereocenters. The third kappa shape index (κ3) is 4.80. The summed E-state index contributed by atoms with van der Waals surface area (Å²) in [5, 5.41) is 3.34. The molecule has 2 aliphatic rings. The molecule has 2 aromatic carbocycles. The van der Waals surface area contributed by atoms with Crippen LogP contribution in [0.3, 0.4) is 0 Å². The molecule has 1 N–H and O–H groups in total. The summed E-state index contributed by atoms with van der Waals surface area (Å²) in [6.45, 7) is 2.80. The average Bonchev–Trinajstić information content (AvgIpc) is 2.83. The van der Waals surface area contributed by atoms with E-state index in [2.05, 4.69) is 24.4 Å². The van der Waals surface area contributed by atoms with E-state index in [0.29, 0.717) is 19.4 Å². The Morgan fingerprint density at radius 1 is 1.16 bits per heavy atom. The van der Waals surface area contributed by atoms with Gasteiger partial charge in [-0.25, -0.2) is 0 Å². The first-order valence-corrected chi connectivity index (χ1v) is 12.6. The van der Waals surface area contributed by atoms with Gasteiger partial charge in [-0.3, -0.25) is 9.59 Å². The van der Waals surface area contributed by atoms with Gasteiger partial charge in [0.1, 0.15) is 5.75 Å². The lowest BCUT2D eigenvalue weighted by Crippen LogP contribution is -2.49. The molecule has 1 fully saturated rings. The van der Waals surface area contributed by atoms with Crippen LogP contribution < -0.4 is 10.1 Å². The van der Waals surface area contributed by atoms with Crippen molar-refractivity contribution in [3.05, 3.63) is 59.7 Å². The first-order chi connectivity index (χ1) is 15.6. The fourth-order valence-corrected chi connectivity index (χ4v) is 5.93. The zero-order chi connectivity index (χ0) is 22.5. The molecule has 2 amide bonds. The minimum absolute atomic E-state index is 0.0261. The molecule has 4 rings (SSSR count). The highest BCUT2D eigenvalue weighted by atomic mass is 32.2. The Balaban J connectivity index is 1.61. The number of likely N-dealkylation sites (tertiary alicyclic amines) is 1. The van der Waals surface area contributed by atoms with E-state index in [4.69, 9.17) is 4.74 Å². The largest absolute Gasteiger partial charge is 0.497 e. The standard InChI is InChI=1S/C26H32N2O3S/c1-3-4-16-28-24(29)14-13-21(25(28)18-9-11-19(31-2)12-10-18)26(30)27-22-15-17-32-23-8-6-5-7-20(22)23/h5-12,21-22,25H,3-4,13-17H2,1-2H3,(H,27,30)/t21-,22+,25+/m0/s1. The highest BCUT2D eigenvalue weighted by Crippen LogP contribution is 2.40. The molecule has 0 aromatic heterocycles. The minimum atomic E-state index is -0.264. The SMILES string of the molecule is CCCCN1C(=O)CC[C@H](C(=O)N[C@@H]2CCSc3ccccc32)[C@H]1c1ccc(OC)cc1. The van der Waals surface area contributed by atoms with Crippen LogP contribution >= 0.6 is 11.8 Å². The average molecular weight is 453 g/mol. The number of methoxy groups -OCH3 is 1. The summed E-state index contributed by atoms with van der Waals surface area (Å²) in [5.74, 6) is 1.69. The quantitative estimate of drug-likeness (QED) is 0.633. The zero-order valence-corrected chi connectivity index (χ0v) is 19.7. The summed E-state index contributed by atoms with van der Waals surface area (Å²) >= 11 is 1.85. The van der Waals surface area contributed by atoms with Crippen LogP contribution in [0.4, 0.5) is 0 Å². The van der Waals surface area contributed by atoms with Gasteiger partial charge in [-0.05, 0) is 48.6 Å². The van der Waals surface area contributed by atoms with Crippen molar-refractivity contribution >= 4 is 23.6 Å². The molecule has 0 radical (unpaired) electrons. The number of hydrogen-bond acceptors (Lipinski definition) is 4. The molecule has 0 aliphatic carbocycles. The van der Waals surface area contributed by atoms with Crippen molar-refractivity contribution in [2.24, 2.45) is 5.92 Å². The molecule has 1 saturated heterocycles. The van der Waals surface area contributed by atoms with Crippen molar-refractivity contribution < 1.29 is 14.3 Å². The monoisotopic (exact) mass is 452 g/mol. The Hall–Kier alpha value is -2.47. The number of rotatable bonds is 7. The fraction of sp³-hybridized carbons (Fsp3) is 0.462. The normalized spacial score (nSPS) is 22.9. The Bertz CT molecular complexity index is 946. The molecule has 2 aliphatic heterocycles. The second kappa shape index (κ2) is 10.4. The number of amides is 2. The lowest BCUT2D eigenvalue weighted by Gasteiger charge is -2.41. The third-order valence-corrected chi connectivity index (χ3v) is 7.65. The van der Waals surface area contributed by atoms with Crippen molar-refractivity contribution in [1.82, 2.24) is 10.2 Å². The van der Waals surface area contributed by atoms with Crippen molar-refractivity contribution in [2.75, 3.05) is 19.4 Å². The Kier molecular flexibility index (Phi) is 7.40. The molecular weight excluding hydrogens is 420 g/mol. The number of fused-ring (bicyclic) bond motifs is 1. The van der Waals surface area contributed by atoms with Crippen molar-refractivity contribution in [3.63, 3.8) is 0 Å². The third-order valence-electron chi connectivity index (χ3n) is 6.53. The number of piperidine rings is 1. The van der Waals surface area contributed by atoms with Gasteiger partial charge in [0.2, 0.25) is 11.8 Å². The fourth-order valence-electron chi connectivity index (χ4n) is 4.80. The minimum Gasteiger partial charge on any atom is -0.497 e. The second-order valence-electron chi connectivity index (χ2n) is 8.54. The molecule has 32 heavy (non-hydrogen) atoms. The number of hydrogen-bond donors (Lipinski definition) is 1. The van der Waals surface area contributed by atoms with Crippen LogP contribution in [0.5, 0.6) is 5.75 Å². The molecule has 0 unspecified atom stereocenters. The highest BCUT2D eigenvalue weighted by Gasteiger charge is 2.41. The smallest absolute Gasteiger partial charge is 0.226 e. The second-order valence-corrected chi connectivity index (χ2v) is 9.68. The lowest BCUT2D eigenvalue weighted by atomic mass is 9.83. The summed E-state index contributed by atoms with van der Waals surface area (Å²) in [4.78, 5) is 29.7. The molecule has 6 heteroatoms. The number of carbonyl (C=O) groups is 2. The van der Waals surface area contributed by atoms with E-state index < -0.39 is 0 Å². The highest BCUT2D eigenvalue weighted by molar-refractivity contribution is 7.99.